The van der Waals surface area contributed by atoms with Crippen molar-refractivity contribution in [3.05, 3.63) is 277 Å². The van der Waals surface area contributed by atoms with E-state index in [1.807, 2.05) is 57.2 Å². The predicted molar refractivity (Wildman–Crippen MR) is 370 cm³/mol. The maximum absolute atomic E-state index is 13.3. The monoisotopic (exact) mass is 1430 g/mol. The second-order valence-corrected chi connectivity index (χ2v) is 24.9. The topological polar surface area (TPSA) is 242 Å². The van der Waals surface area contributed by atoms with Crippen molar-refractivity contribution in [2.24, 2.45) is 0 Å². The number of rotatable bonds is 9. The molecule has 0 atom stereocenters. The van der Waals surface area contributed by atoms with E-state index >= 15 is 0 Å². The van der Waals surface area contributed by atoms with Crippen LogP contribution in [0.4, 0.5) is 27.2 Å². The van der Waals surface area contributed by atoms with Gasteiger partial charge in [0.05, 0.1) is 16.6 Å². The minimum atomic E-state index is -0.918. The molecule has 97 heavy (non-hydrogen) atoms. The van der Waals surface area contributed by atoms with Crippen LogP contribution in [0.1, 0.15) is 137 Å². The van der Waals surface area contributed by atoms with Crippen LogP contribution in [-0.4, -0.2) is 84.6 Å². The second-order valence-electron chi connectivity index (χ2n) is 23.7. The Kier molecular flexibility index (Phi) is 27.4. The smallest absolute Gasteiger partial charge is 0.870 e. The van der Waals surface area contributed by atoms with Gasteiger partial charge in [0.25, 0.3) is 0 Å². The number of halogens is 5. The number of carboxylic acid groups (broad SMARTS) is 1. The molecule has 5 N–H and O–H groups in total. The maximum Gasteiger partial charge on any atom is 1.00 e. The first kappa shape index (κ1) is 78.2. The normalized spacial score (nSPS) is 11.5. The molecule has 0 saturated heterocycles. The van der Waals surface area contributed by atoms with Crippen molar-refractivity contribution in [2.75, 3.05) is 0 Å². The van der Waals surface area contributed by atoms with Crippen molar-refractivity contribution in [3.63, 3.8) is 0 Å². The SMILES string of the molecule is CC(=O)c1ccc2c(-c3ccc(F)cc3)cn(C(=O)OC(C)(C)C)c2c1.CC(=O)c1ccc2c(I)cn(C(=O)OC(C)(C)C)c2c1.CC(=O)c1ccc2c(c1)CC=C2c1ccc(F)cc1.O.O=C(O)c1ccc2c(c1)CC=C2c1ccc(F)cc1.O[B]Oc1ccc(F)cc1.[Li+].[OH-]. The van der Waals surface area contributed by atoms with E-state index < -0.39 is 29.4 Å². The van der Waals surface area contributed by atoms with Gasteiger partial charge in [-0.2, -0.15) is 0 Å². The molecular weight excluding hydrogens is 1360 g/mol. The zero-order chi connectivity index (χ0) is 68.3. The second kappa shape index (κ2) is 34.0. The van der Waals surface area contributed by atoms with Crippen LogP contribution >= 0.6 is 22.6 Å². The molecule has 0 amide bonds. The molecule has 22 heteroatoms. The Morgan fingerprint density at radius 1 is 0.474 bits per heavy atom. The average Bonchev–Trinajstić information content (AvgIpc) is 1.65. The molecule has 2 heterocycles. The number of hydrogen-bond acceptors (Lipinski definition) is 11. The fourth-order valence-corrected chi connectivity index (χ4v) is 10.8. The van der Waals surface area contributed by atoms with E-state index in [0.29, 0.717) is 47.6 Å². The van der Waals surface area contributed by atoms with Gasteiger partial charge >= 0.3 is 44.7 Å². The van der Waals surface area contributed by atoms with Crippen molar-refractivity contribution in [3.8, 4) is 16.9 Å². The van der Waals surface area contributed by atoms with Gasteiger partial charge in [-0.15, -0.1) is 0 Å². The Labute approximate surface area is 584 Å². The summed E-state index contributed by atoms with van der Waals surface area (Å²) in [5.74, 6) is -1.70. The Morgan fingerprint density at radius 2 is 0.825 bits per heavy atom. The van der Waals surface area contributed by atoms with E-state index in [1.54, 1.807) is 119 Å². The molecule has 0 bridgehead atoms. The summed E-state index contributed by atoms with van der Waals surface area (Å²) < 4.78 is 70.5. The molecule has 1 radical (unpaired) electrons. The molecule has 0 aliphatic heterocycles. The van der Waals surface area contributed by atoms with E-state index in [-0.39, 0.29) is 70.4 Å². The molecular formula is C75H68BF4ILiN2O13. The Morgan fingerprint density at radius 3 is 1.23 bits per heavy atom. The van der Waals surface area contributed by atoms with Crippen LogP contribution in [0.5, 0.6) is 5.75 Å². The van der Waals surface area contributed by atoms with Crippen molar-refractivity contribution in [1.29, 1.82) is 0 Å². The number of fused-ring (bicyclic) bond motifs is 4. The summed E-state index contributed by atoms with van der Waals surface area (Å²) in [6.07, 6.45) is 8.12. The third-order valence-corrected chi connectivity index (χ3v) is 15.4. The van der Waals surface area contributed by atoms with Crippen LogP contribution in [0, 0.1) is 26.8 Å². The first-order chi connectivity index (χ1) is 44.5. The van der Waals surface area contributed by atoms with Gasteiger partial charge in [0.1, 0.15) is 40.2 Å². The quantitative estimate of drug-likeness (QED) is 0.0593. The molecule has 2 aliphatic carbocycles. The van der Waals surface area contributed by atoms with Crippen molar-refractivity contribution in [1.82, 2.24) is 9.13 Å². The number of aromatic carboxylic acids is 1. The number of nitrogens with zero attached hydrogens (tertiary/aromatic N) is 2. The maximum atomic E-state index is 13.3. The average molecular weight is 1430 g/mol. The number of benzene rings is 8. The molecule has 2 aliphatic rings. The first-order valence-electron chi connectivity index (χ1n) is 29.5. The fourth-order valence-electron chi connectivity index (χ4n) is 10.1. The van der Waals surface area contributed by atoms with Crippen LogP contribution in [-0.2, 0) is 22.3 Å². The summed E-state index contributed by atoms with van der Waals surface area (Å²) in [5.41, 5.74) is 12.1. The number of hydrogen-bond donors (Lipinski definition) is 2. The number of allylic oxidation sites excluding steroid dienone is 2. The Hall–Kier alpha value is -9.47. The summed E-state index contributed by atoms with van der Waals surface area (Å²) in [6, 6.07) is 45.7. The van der Waals surface area contributed by atoms with Crippen LogP contribution in [0.15, 0.2) is 194 Å². The first-order valence-corrected chi connectivity index (χ1v) is 30.6. The van der Waals surface area contributed by atoms with Gasteiger partial charge < -0.3 is 35.2 Å². The third kappa shape index (κ3) is 20.5. The number of ketones is 3. The predicted octanol–water partition coefficient (Wildman–Crippen LogP) is 13.9. The van der Waals surface area contributed by atoms with Gasteiger partial charge in [-0.05, 0) is 239 Å². The molecule has 8 aromatic carbocycles. The fraction of sp³-hybridized carbons (Fsp3) is 0.173. The molecule has 495 valence electrons. The van der Waals surface area contributed by atoms with Crippen molar-refractivity contribution >= 4 is 98.7 Å². The standard InChI is InChI=1S/C21H20FNO3.C17H13FO.C16H11FO2.C15H16INO3.C6H5BFO2.Li.2H2O/c1-13(24)15-7-10-17-18(14-5-8-16(22)9-6-14)12-23(19(17)11-15)20(25)26-21(2,3)4;1-11(19)13-4-8-17-14(10-13)5-9-16(17)12-2-6-15(18)7-3-12;17-13-5-1-10(2-6-13)14-7-3-11-9-12(16(18)19)4-8-15(11)14;1-9(18)10-5-6-11-12(16)8-17(13(11)7-10)14(19)20-15(2,3)4;8-5-1-3-6(4-2-5)10-7-9;;;/h5-12H,1-4H3;2-4,6-10H,5H2,1H3;1-2,4-9H,3H2,(H,18,19);5-8H,1-4H3;1-4,9H;;2*1H2/q;;;;;+1;;/p-1. The molecule has 0 fully saturated rings. The van der Waals surface area contributed by atoms with Gasteiger partial charge in [0.2, 0.25) is 0 Å². The molecule has 0 unspecified atom stereocenters. The zero-order valence-corrected chi connectivity index (χ0v) is 56.9. The van der Waals surface area contributed by atoms with Crippen LogP contribution < -0.4 is 23.5 Å². The molecule has 0 saturated carbocycles. The van der Waals surface area contributed by atoms with Crippen LogP contribution in [0.2, 0.25) is 0 Å². The Balaban J connectivity index is 0.000000222. The summed E-state index contributed by atoms with van der Waals surface area (Å²) in [5, 5.41) is 18.8. The van der Waals surface area contributed by atoms with Gasteiger partial charge in [-0.1, -0.05) is 91.0 Å². The minimum absolute atomic E-state index is 0. The van der Waals surface area contributed by atoms with E-state index in [9.17, 15) is 46.3 Å². The van der Waals surface area contributed by atoms with Gasteiger partial charge in [0, 0.05) is 49.0 Å². The number of ether oxygens (including phenoxy) is 2. The Bertz CT molecular complexity index is 4450. The number of Topliss-reactive ketones (excluding diaryl/α,β-unsaturated/α-hetero) is 3. The van der Waals surface area contributed by atoms with Gasteiger partial charge in [-0.25, -0.2) is 31.9 Å². The summed E-state index contributed by atoms with van der Waals surface area (Å²) in [4.78, 5) is 70.4. The largest absolute Gasteiger partial charge is 1.00 e. The number of carbonyl (C=O) groups is 6. The van der Waals surface area contributed by atoms with Crippen LogP contribution in [0.3, 0.4) is 0 Å². The summed E-state index contributed by atoms with van der Waals surface area (Å²) >= 11 is 2.17. The number of carboxylic acids is 1. The summed E-state index contributed by atoms with van der Waals surface area (Å²) in [7, 11) is 0.549. The third-order valence-electron chi connectivity index (χ3n) is 14.5. The van der Waals surface area contributed by atoms with E-state index in [0.717, 1.165) is 82.0 Å². The molecule has 12 rings (SSSR count). The summed E-state index contributed by atoms with van der Waals surface area (Å²) in [6.45, 7) is 15.4. The van der Waals surface area contributed by atoms with Crippen molar-refractivity contribution in [2.45, 2.75) is 86.4 Å². The molecule has 15 nitrogen and oxygen atoms in total. The van der Waals surface area contributed by atoms with Crippen molar-refractivity contribution < 1.29 is 100 Å². The molecule has 10 aromatic rings. The zero-order valence-electron chi connectivity index (χ0n) is 54.8. The molecule has 0 spiro atoms. The number of carbonyl (C=O) groups excluding carboxylic acids is 5. The van der Waals surface area contributed by atoms with Gasteiger partial charge in [0.15, 0.2) is 17.3 Å². The van der Waals surface area contributed by atoms with E-state index in [1.165, 1.54) is 83.6 Å². The van der Waals surface area contributed by atoms with Gasteiger partial charge in [-0.3, -0.25) is 23.5 Å². The minimum Gasteiger partial charge on any atom is -0.870 e. The molecule has 2 aromatic heterocycles. The number of aromatic nitrogens is 2. The van der Waals surface area contributed by atoms with Crippen LogP contribution in [0.25, 0.3) is 44.1 Å². The van der Waals surface area contributed by atoms with E-state index in [2.05, 4.69) is 33.3 Å². The van der Waals surface area contributed by atoms with E-state index in [4.69, 9.17) is 19.6 Å².